The van der Waals surface area contributed by atoms with Crippen LogP contribution in [0.3, 0.4) is 0 Å². The predicted molar refractivity (Wildman–Crippen MR) is 121 cm³/mol. The minimum atomic E-state index is 0.237. The summed E-state index contributed by atoms with van der Waals surface area (Å²) in [7, 11) is 0. The molecule has 0 rings (SSSR count). The second kappa shape index (κ2) is 13.9. The molecule has 0 aromatic carbocycles. The first kappa shape index (κ1) is 23.7. The summed E-state index contributed by atoms with van der Waals surface area (Å²) in [6, 6.07) is 0. The van der Waals surface area contributed by atoms with Gasteiger partial charge in [-0.2, -0.15) is 0 Å². The second-order valence-corrected chi connectivity index (χ2v) is 8.14. The van der Waals surface area contributed by atoms with Crippen LogP contribution < -0.4 is 0 Å². The fourth-order valence-corrected chi connectivity index (χ4v) is 1.59. The molecule has 0 aliphatic carbocycles. The highest BCUT2D eigenvalue weighted by molar-refractivity contribution is 5.22. The predicted octanol–water partition coefficient (Wildman–Crippen LogP) is 8.08. The van der Waals surface area contributed by atoms with Crippen LogP contribution in [0.1, 0.15) is 41.5 Å². The lowest BCUT2D eigenvalue weighted by molar-refractivity contribution is 0.544. The van der Waals surface area contributed by atoms with E-state index in [1.54, 1.807) is 0 Å². The molecule has 140 valence electrons. The van der Waals surface area contributed by atoms with E-state index in [2.05, 4.69) is 65.8 Å². The molecule has 0 heterocycles. The van der Waals surface area contributed by atoms with Gasteiger partial charge in [-0.15, -0.1) is 0 Å². The molecular formula is C26H36. The topological polar surface area (TPSA) is 0 Å². The van der Waals surface area contributed by atoms with Gasteiger partial charge in [0.25, 0.3) is 0 Å². The van der Waals surface area contributed by atoms with Crippen molar-refractivity contribution in [1.29, 1.82) is 0 Å². The quantitative estimate of drug-likeness (QED) is 0.389. The van der Waals surface area contributed by atoms with Gasteiger partial charge in [0.05, 0.1) is 0 Å². The average Bonchev–Trinajstić information content (AvgIpc) is 2.51. The number of rotatable bonds is 8. The third-order valence-corrected chi connectivity index (χ3v) is 2.86. The monoisotopic (exact) mass is 348 g/mol. The van der Waals surface area contributed by atoms with Crippen LogP contribution in [0.15, 0.2) is 109 Å². The molecule has 0 aliphatic rings. The lowest BCUT2D eigenvalue weighted by atomic mass is 9.96. The summed E-state index contributed by atoms with van der Waals surface area (Å²) in [5, 5.41) is 0. The number of allylic oxidation sites excluding steroid dienone is 18. The maximum absolute atomic E-state index is 2.19. The first-order valence-electron chi connectivity index (χ1n) is 9.24. The molecule has 0 radical (unpaired) electrons. The van der Waals surface area contributed by atoms with Crippen molar-refractivity contribution in [1.82, 2.24) is 0 Å². The molecular weight excluding hydrogens is 312 g/mol. The molecule has 0 fully saturated rings. The molecule has 0 bridgehead atoms. The molecule has 0 saturated heterocycles. The SMILES string of the molecule is CC(C)(C)/C=C/C=C/C=C/C=C/C=C/C=C/C=C/C=C/C=C/C(C)(C)C. The Kier molecular flexibility index (Phi) is 12.6. The fraction of sp³-hybridized carbons (Fsp3) is 0.308. The summed E-state index contributed by atoms with van der Waals surface area (Å²) in [5.74, 6) is 0. The maximum atomic E-state index is 2.19. The zero-order chi connectivity index (χ0) is 19.7. The van der Waals surface area contributed by atoms with Gasteiger partial charge >= 0.3 is 0 Å². The summed E-state index contributed by atoms with van der Waals surface area (Å²) >= 11 is 0. The van der Waals surface area contributed by atoms with Crippen molar-refractivity contribution in [3.8, 4) is 0 Å². The number of hydrogen-bond donors (Lipinski definition) is 0. The first-order chi connectivity index (χ1) is 12.2. The van der Waals surface area contributed by atoms with Crippen LogP contribution in [0.4, 0.5) is 0 Å². The van der Waals surface area contributed by atoms with E-state index in [1.165, 1.54) is 0 Å². The molecule has 0 aromatic heterocycles. The smallest absolute Gasteiger partial charge is 0.0200 e. The van der Waals surface area contributed by atoms with Gasteiger partial charge in [-0.3, -0.25) is 0 Å². The standard InChI is InChI=1S/C26H36/c1-25(2,3)23-21-19-17-15-13-11-9-7-8-10-12-14-16-18-20-22-24-26(4,5)6/h7-24H,1-6H3/b8-7+,11-9+,12-10+,15-13+,16-14+,19-17+,20-18+,23-21+,24-22+. The zero-order valence-electron chi connectivity index (χ0n) is 17.4. The van der Waals surface area contributed by atoms with Crippen molar-refractivity contribution in [3.63, 3.8) is 0 Å². The van der Waals surface area contributed by atoms with Crippen LogP contribution in [0, 0.1) is 10.8 Å². The van der Waals surface area contributed by atoms with Crippen LogP contribution in [0.25, 0.3) is 0 Å². The van der Waals surface area contributed by atoms with Crippen molar-refractivity contribution in [2.24, 2.45) is 10.8 Å². The molecule has 0 heteroatoms. The second-order valence-electron chi connectivity index (χ2n) is 8.14. The van der Waals surface area contributed by atoms with Gasteiger partial charge in [0.15, 0.2) is 0 Å². The highest BCUT2D eigenvalue weighted by Gasteiger charge is 2.02. The molecule has 0 saturated carbocycles. The summed E-state index contributed by atoms with van der Waals surface area (Å²) < 4.78 is 0. The molecule has 0 unspecified atom stereocenters. The first-order valence-corrected chi connectivity index (χ1v) is 9.24. The molecule has 0 N–H and O–H groups in total. The van der Waals surface area contributed by atoms with Crippen molar-refractivity contribution in [2.45, 2.75) is 41.5 Å². The van der Waals surface area contributed by atoms with Crippen LogP contribution in [0.5, 0.6) is 0 Å². The van der Waals surface area contributed by atoms with Crippen LogP contribution >= 0.6 is 0 Å². The van der Waals surface area contributed by atoms with E-state index in [0.717, 1.165) is 0 Å². The van der Waals surface area contributed by atoms with E-state index in [9.17, 15) is 0 Å². The summed E-state index contributed by atoms with van der Waals surface area (Å²) in [5.41, 5.74) is 0.474. The van der Waals surface area contributed by atoms with Gasteiger partial charge in [-0.25, -0.2) is 0 Å². The van der Waals surface area contributed by atoms with Crippen molar-refractivity contribution >= 4 is 0 Å². The average molecular weight is 349 g/mol. The lowest BCUT2D eigenvalue weighted by Crippen LogP contribution is -1.97. The van der Waals surface area contributed by atoms with Crippen LogP contribution in [0.2, 0.25) is 0 Å². The summed E-state index contributed by atoms with van der Waals surface area (Å²) in [4.78, 5) is 0. The van der Waals surface area contributed by atoms with Crippen LogP contribution in [-0.4, -0.2) is 0 Å². The van der Waals surface area contributed by atoms with Crippen molar-refractivity contribution < 1.29 is 0 Å². The third-order valence-electron chi connectivity index (χ3n) is 2.86. The van der Waals surface area contributed by atoms with Gasteiger partial charge in [0, 0.05) is 0 Å². The van der Waals surface area contributed by atoms with Crippen molar-refractivity contribution in [2.75, 3.05) is 0 Å². The minimum absolute atomic E-state index is 0.237. The highest BCUT2D eigenvalue weighted by Crippen LogP contribution is 2.14. The van der Waals surface area contributed by atoms with E-state index in [0.29, 0.717) is 0 Å². The molecule has 0 atom stereocenters. The maximum Gasteiger partial charge on any atom is -0.0200 e. The van der Waals surface area contributed by atoms with E-state index < -0.39 is 0 Å². The molecule has 0 nitrogen and oxygen atoms in total. The fourth-order valence-electron chi connectivity index (χ4n) is 1.59. The summed E-state index contributed by atoms with van der Waals surface area (Å²) in [6.45, 7) is 13.1. The normalized spacial score (nSPS) is 15.5. The Balaban J connectivity index is 4.01. The molecule has 0 spiro atoms. The van der Waals surface area contributed by atoms with Gasteiger partial charge in [-0.05, 0) is 10.8 Å². The number of hydrogen-bond acceptors (Lipinski definition) is 0. The Labute approximate surface area is 162 Å². The van der Waals surface area contributed by atoms with E-state index in [4.69, 9.17) is 0 Å². The Morgan fingerprint density at radius 3 is 0.577 bits per heavy atom. The Bertz CT molecular complexity index is 554. The molecule has 0 amide bonds. The Morgan fingerprint density at radius 2 is 0.423 bits per heavy atom. The largest absolute Gasteiger partial charge is 0.0791 e. The third kappa shape index (κ3) is 21.7. The summed E-state index contributed by atoms with van der Waals surface area (Å²) in [6.07, 6.45) is 36.9. The molecule has 0 aromatic rings. The van der Waals surface area contributed by atoms with Gasteiger partial charge in [0.2, 0.25) is 0 Å². The van der Waals surface area contributed by atoms with Gasteiger partial charge in [-0.1, -0.05) is 151 Å². The Morgan fingerprint density at radius 1 is 0.269 bits per heavy atom. The van der Waals surface area contributed by atoms with Crippen molar-refractivity contribution in [3.05, 3.63) is 109 Å². The van der Waals surface area contributed by atoms with Gasteiger partial charge < -0.3 is 0 Å². The molecule has 0 aliphatic heterocycles. The van der Waals surface area contributed by atoms with Gasteiger partial charge in [0.1, 0.15) is 0 Å². The highest BCUT2D eigenvalue weighted by atomic mass is 14.1. The lowest BCUT2D eigenvalue weighted by Gasteiger charge is -2.09. The molecule has 26 heavy (non-hydrogen) atoms. The van der Waals surface area contributed by atoms with Crippen LogP contribution in [-0.2, 0) is 0 Å². The minimum Gasteiger partial charge on any atom is -0.0791 e. The van der Waals surface area contributed by atoms with E-state index in [1.807, 2.05) is 85.1 Å². The van der Waals surface area contributed by atoms with E-state index in [-0.39, 0.29) is 10.8 Å². The Hall–Kier alpha value is -2.34. The van der Waals surface area contributed by atoms with E-state index >= 15 is 0 Å². The zero-order valence-corrected chi connectivity index (χ0v) is 17.4.